The molecule has 4 rings (SSSR count). The first-order valence-electron chi connectivity index (χ1n) is 14.8. The Bertz CT molecular complexity index is 1720. The number of hydrogen-bond acceptors (Lipinski definition) is 6. The van der Waals surface area contributed by atoms with Crippen molar-refractivity contribution in [2.75, 3.05) is 31.6 Å². The first kappa shape index (κ1) is 34.3. The molecule has 46 heavy (non-hydrogen) atoms. The number of hydrogen-bond donors (Lipinski definition) is 1. The molecule has 0 aromatic heterocycles. The van der Waals surface area contributed by atoms with Crippen molar-refractivity contribution < 1.29 is 27.5 Å². The Kier molecular flexibility index (Phi) is 12.1. The lowest BCUT2D eigenvalue weighted by Gasteiger charge is -2.34. The van der Waals surface area contributed by atoms with Crippen LogP contribution in [0.15, 0.2) is 108 Å². The van der Waals surface area contributed by atoms with E-state index in [2.05, 4.69) is 5.32 Å². The summed E-state index contributed by atoms with van der Waals surface area (Å²) in [5.74, 6) is 0.0128. The number of anilines is 1. The minimum absolute atomic E-state index is 0.00406. The van der Waals surface area contributed by atoms with Crippen molar-refractivity contribution in [1.82, 2.24) is 10.2 Å². The van der Waals surface area contributed by atoms with Crippen LogP contribution in [0, 0.1) is 0 Å². The topological polar surface area (TPSA) is 105 Å². The van der Waals surface area contributed by atoms with Gasteiger partial charge in [-0.3, -0.25) is 13.9 Å². The molecular formula is C35H38ClN3O6S. The Balaban J connectivity index is 1.82. The number of rotatable bonds is 15. The third kappa shape index (κ3) is 8.58. The lowest BCUT2D eigenvalue weighted by Crippen LogP contribution is -2.53. The second kappa shape index (κ2) is 16.1. The van der Waals surface area contributed by atoms with E-state index in [0.29, 0.717) is 30.0 Å². The van der Waals surface area contributed by atoms with Gasteiger partial charge in [-0.25, -0.2) is 8.42 Å². The Hall–Kier alpha value is -4.54. The lowest BCUT2D eigenvalue weighted by molar-refractivity contribution is -0.140. The molecule has 1 atom stereocenters. The fourth-order valence-electron chi connectivity index (χ4n) is 4.95. The molecule has 0 heterocycles. The van der Waals surface area contributed by atoms with Crippen LogP contribution in [0.1, 0.15) is 24.5 Å². The average molecular weight is 664 g/mol. The normalized spacial score (nSPS) is 11.7. The highest BCUT2D eigenvalue weighted by Crippen LogP contribution is 2.32. The summed E-state index contributed by atoms with van der Waals surface area (Å²) in [4.78, 5) is 29.7. The van der Waals surface area contributed by atoms with E-state index < -0.39 is 28.5 Å². The van der Waals surface area contributed by atoms with E-state index >= 15 is 0 Å². The average Bonchev–Trinajstić information content (AvgIpc) is 3.08. The molecule has 0 aliphatic rings. The lowest BCUT2D eigenvalue weighted by atomic mass is 10.0. The number of carbonyl (C=O) groups is 2. The monoisotopic (exact) mass is 663 g/mol. The maximum atomic E-state index is 14.5. The van der Waals surface area contributed by atoms with E-state index in [4.69, 9.17) is 21.1 Å². The SMILES string of the molecule is CCCNC(=O)C(Cc1ccccc1)N(Cc1cccc(OC)c1)C(=O)CN(c1ccc(OC)c(Cl)c1)S(=O)(=O)c1ccccc1. The number of nitrogens with zero attached hydrogens (tertiary/aromatic N) is 2. The van der Waals surface area contributed by atoms with Gasteiger partial charge in [-0.15, -0.1) is 0 Å². The van der Waals surface area contributed by atoms with E-state index in [1.54, 1.807) is 49.6 Å². The zero-order valence-electron chi connectivity index (χ0n) is 26.1. The minimum Gasteiger partial charge on any atom is -0.497 e. The zero-order valence-corrected chi connectivity index (χ0v) is 27.6. The van der Waals surface area contributed by atoms with Crippen molar-refractivity contribution in [3.8, 4) is 11.5 Å². The molecule has 0 fully saturated rings. The fourth-order valence-corrected chi connectivity index (χ4v) is 6.63. The summed E-state index contributed by atoms with van der Waals surface area (Å²) < 4.78 is 39.9. The Morgan fingerprint density at radius 3 is 2.15 bits per heavy atom. The number of carbonyl (C=O) groups excluding carboxylic acids is 2. The third-order valence-corrected chi connectivity index (χ3v) is 9.42. The zero-order chi connectivity index (χ0) is 33.1. The highest BCUT2D eigenvalue weighted by atomic mass is 35.5. The quantitative estimate of drug-likeness (QED) is 0.175. The number of amides is 2. The van der Waals surface area contributed by atoms with Crippen molar-refractivity contribution in [3.63, 3.8) is 0 Å². The van der Waals surface area contributed by atoms with Crippen molar-refractivity contribution >= 4 is 39.1 Å². The number of benzene rings is 4. The molecule has 242 valence electrons. The predicted octanol–water partition coefficient (Wildman–Crippen LogP) is 5.72. The smallest absolute Gasteiger partial charge is 0.264 e. The van der Waals surface area contributed by atoms with Gasteiger partial charge in [-0.2, -0.15) is 0 Å². The summed E-state index contributed by atoms with van der Waals surface area (Å²) in [6.07, 6.45) is 0.918. The van der Waals surface area contributed by atoms with Crippen molar-refractivity contribution in [3.05, 3.63) is 119 Å². The van der Waals surface area contributed by atoms with Crippen LogP contribution in [-0.4, -0.2) is 58.5 Å². The first-order valence-corrected chi connectivity index (χ1v) is 16.6. The van der Waals surface area contributed by atoms with E-state index in [1.807, 2.05) is 43.3 Å². The standard InChI is InChI=1S/C35H38ClN3O6S/c1-4-20-37-35(41)32(22-26-12-7-5-8-13-26)38(24-27-14-11-15-29(21-27)44-2)34(40)25-39(28-18-19-33(45-3)31(36)23-28)46(42,43)30-16-9-6-10-17-30/h5-19,21,23,32H,4,20,22,24-25H2,1-3H3,(H,37,41). The van der Waals surface area contributed by atoms with E-state index in [1.165, 1.54) is 36.3 Å². The Labute approximate surface area is 275 Å². The molecule has 2 amide bonds. The van der Waals surface area contributed by atoms with Gasteiger partial charge in [0.05, 0.1) is 29.8 Å². The molecule has 0 aliphatic carbocycles. The van der Waals surface area contributed by atoms with Gasteiger partial charge in [0, 0.05) is 19.5 Å². The molecular weight excluding hydrogens is 626 g/mol. The maximum absolute atomic E-state index is 14.5. The molecule has 0 aliphatic heterocycles. The van der Waals surface area contributed by atoms with Crippen molar-refractivity contribution in [2.45, 2.75) is 37.2 Å². The summed E-state index contributed by atoms with van der Waals surface area (Å²) in [5, 5.41) is 3.11. The molecule has 9 nitrogen and oxygen atoms in total. The molecule has 11 heteroatoms. The van der Waals surface area contributed by atoms with Gasteiger partial charge in [0.2, 0.25) is 11.8 Å². The summed E-state index contributed by atoms with van der Waals surface area (Å²) in [7, 11) is -1.26. The van der Waals surface area contributed by atoms with Crippen molar-refractivity contribution in [1.29, 1.82) is 0 Å². The van der Waals surface area contributed by atoms with Gasteiger partial charge in [-0.05, 0) is 60.0 Å². The van der Waals surface area contributed by atoms with Gasteiger partial charge in [0.1, 0.15) is 24.1 Å². The van der Waals surface area contributed by atoms with Crippen LogP contribution in [-0.2, 0) is 32.6 Å². The van der Waals surface area contributed by atoms with Crippen LogP contribution in [0.4, 0.5) is 5.69 Å². The van der Waals surface area contributed by atoms with Crippen LogP contribution in [0.2, 0.25) is 5.02 Å². The van der Waals surface area contributed by atoms with Crippen LogP contribution < -0.4 is 19.1 Å². The fraction of sp³-hybridized carbons (Fsp3) is 0.257. The Morgan fingerprint density at radius 1 is 0.848 bits per heavy atom. The van der Waals surface area contributed by atoms with Gasteiger partial charge in [0.15, 0.2) is 0 Å². The molecule has 0 saturated heterocycles. The van der Waals surface area contributed by atoms with Crippen LogP contribution in [0.3, 0.4) is 0 Å². The second-order valence-electron chi connectivity index (χ2n) is 10.5. The maximum Gasteiger partial charge on any atom is 0.264 e. The van der Waals surface area contributed by atoms with Gasteiger partial charge in [0.25, 0.3) is 10.0 Å². The number of sulfonamides is 1. The van der Waals surface area contributed by atoms with E-state index in [-0.39, 0.29) is 34.5 Å². The Morgan fingerprint density at radius 2 is 1.52 bits per heavy atom. The summed E-state index contributed by atoms with van der Waals surface area (Å²) >= 11 is 6.43. The first-order chi connectivity index (χ1) is 22.2. The molecule has 0 radical (unpaired) electrons. The largest absolute Gasteiger partial charge is 0.497 e. The highest BCUT2D eigenvalue weighted by Gasteiger charge is 2.34. The van der Waals surface area contributed by atoms with Crippen LogP contribution in [0.25, 0.3) is 0 Å². The van der Waals surface area contributed by atoms with Crippen LogP contribution >= 0.6 is 11.6 Å². The molecule has 0 spiro atoms. The molecule has 4 aromatic rings. The second-order valence-corrected chi connectivity index (χ2v) is 12.8. The van der Waals surface area contributed by atoms with Gasteiger partial charge in [-0.1, -0.05) is 79.2 Å². The molecule has 4 aromatic carbocycles. The number of halogens is 1. The number of nitrogens with one attached hydrogen (secondary N) is 1. The highest BCUT2D eigenvalue weighted by molar-refractivity contribution is 7.92. The van der Waals surface area contributed by atoms with Gasteiger partial charge >= 0.3 is 0 Å². The van der Waals surface area contributed by atoms with E-state index in [0.717, 1.165) is 9.87 Å². The predicted molar refractivity (Wildman–Crippen MR) is 180 cm³/mol. The van der Waals surface area contributed by atoms with Crippen LogP contribution in [0.5, 0.6) is 11.5 Å². The number of ether oxygens (including phenoxy) is 2. The third-order valence-electron chi connectivity index (χ3n) is 7.34. The number of methoxy groups -OCH3 is 2. The summed E-state index contributed by atoms with van der Waals surface area (Å²) in [6.45, 7) is 1.79. The molecule has 1 N–H and O–H groups in total. The minimum atomic E-state index is -4.26. The molecule has 1 unspecified atom stereocenters. The summed E-state index contributed by atoms with van der Waals surface area (Å²) in [6, 6.07) is 28.0. The van der Waals surface area contributed by atoms with Gasteiger partial charge < -0.3 is 19.7 Å². The van der Waals surface area contributed by atoms with Crippen molar-refractivity contribution in [2.24, 2.45) is 0 Å². The molecule has 0 saturated carbocycles. The molecule has 0 bridgehead atoms. The summed E-state index contributed by atoms with van der Waals surface area (Å²) in [5.41, 5.74) is 1.72. The van der Waals surface area contributed by atoms with E-state index in [9.17, 15) is 18.0 Å².